The van der Waals surface area contributed by atoms with Gasteiger partial charge in [-0.1, -0.05) is 19.1 Å². The molecule has 0 radical (unpaired) electrons. The fourth-order valence-electron chi connectivity index (χ4n) is 2.22. The van der Waals surface area contributed by atoms with Crippen LogP contribution in [0.15, 0.2) is 18.2 Å². The maximum Gasteiger partial charge on any atom is 0.146 e. The lowest BCUT2D eigenvalue weighted by molar-refractivity contribution is 0.281. The van der Waals surface area contributed by atoms with E-state index in [2.05, 4.69) is 11.8 Å². The van der Waals surface area contributed by atoms with E-state index in [-0.39, 0.29) is 12.4 Å². The molecule has 1 saturated carbocycles. The summed E-state index contributed by atoms with van der Waals surface area (Å²) in [5, 5.41) is 9.32. The van der Waals surface area contributed by atoms with Crippen molar-refractivity contribution in [3.05, 3.63) is 29.6 Å². The van der Waals surface area contributed by atoms with E-state index in [0.717, 1.165) is 19.5 Å². The summed E-state index contributed by atoms with van der Waals surface area (Å²) in [6.45, 7) is 3.77. The average molecular weight is 237 g/mol. The Bertz CT molecular complexity index is 376. The number of hydrogen-bond acceptors (Lipinski definition) is 2. The standard InChI is InChI=1S/C14H20FNO/c1-2-8-16(9-11-6-7-11)14-12(10-17)4-3-5-13(14)15/h3-5,11,17H,2,6-10H2,1H3. The minimum atomic E-state index is -0.217. The zero-order valence-corrected chi connectivity index (χ0v) is 10.3. The molecule has 0 saturated heterocycles. The van der Waals surface area contributed by atoms with Gasteiger partial charge in [0, 0.05) is 18.7 Å². The molecule has 1 aromatic carbocycles. The van der Waals surface area contributed by atoms with Crippen LogP contribution in [-0.2, 0) is 6.61 Å². The highest BCUT2D eigenvalue weighted by atomic mass is 19.1. The summed E-state index contributed by atoms with van der Waals surface area (Å²) in [6.07, 6.45) is 3.50. The second-order valence-corrected chi connectivity index (χ2v) is 4.80. The van der Waals surface area contributed by atoms with Gasteiger partial charge in [-0.25, -0.2) is 4.39 Å². The highest BCUT2D eigenvalue weighted by Crippen LogP contribution is 2.33. The van der Waals surface area contributed by atoms with Gasteiger partial charge in [0.15, 0.2) is 0 Å². The van der Waals surface area contributed by atoms with Gasteiger partial charge in [0.2, 0.25) is 0 Å². The van der Waals surface area contributed by atoms with Crippen molar-refractivity contribution >= 4 is 5.69 Å². The molecule has 0 spiro atoms. The molecule has 1 aromatic rings. The number of anilines is 1. The van der Waals surface area contributed by atoms with Crippen molar-refractivity contribution < 1.29 is 9.50 Å². The van der Waals surface area contributed by atoms with Crippen molar-refractivity contribution in [2.75, 3.05) is 18.0 Å². The number of aliphatic hydroxyl groups excluding tert-OH is 1. The molecule has 0 heterocycles. The predicted octanol–water partition coefficient (Wildman–Crippen LogP) is 2.94. The molecular formula is C14H20FNO. The maximum atomic E-state index is 13.9. The molecule has 0 aliphatic heterocycles. The Balaban J connectivity index is 2.25. The van der Waals surface area contributed by atoms with Crippen LogP contribution in [0.1, 0.15) is 31.7 Å². The van der Waals surface area contributed by atoms with Gasteiger partial charge in [0.05, 0.1) is 12.3 Å². The summed E-state index contributed by atoms with van der Waals surface area (Å²) in [6, 6.07) is 4.93. The van der Waals surface area contributed by atoms with Gasteiger partial charge in [0.25, 0.3) is 0 Å². The Morgan fingerprint density at radius 3 is 2.76 bits per heavy atom. The summed E-state index contributed by atoms with van der Waals surface area (Å²) < 4.78 is 13.9. The number of halogens is 1. The van der Waals surface area contributed by atoms with Gasteiger partial charge in [-0.2, -0.15) is 0 Å². The molecule has 2 nitrogen and oxygen atoms in total. The van der Waals surface area contributed by atoms with Gasteiger partial charge >= 0.3 is 0 Å². The smallest absolute Gasteiger partial charge is 0.146 e. The minimum absolute atomic E-state index is 0.0992. The first kappa shape index (κ1) is 12.4. The average Bonchev–Trinajstić information content (AvgIpc) is 3.12. The van der Waals surface area contributed by atoms with Crippen LogP contribution >= 0.6 is 0 Å². The van der Waals surface area contributed by atoms with Crippen molar-refractivity contribution in [3.63, 3.8) is 0 Å². The lowest BCUT2D eigenvalue weighted by Crippen LogP contribution is -2.28. The van der Waals surface area contributed by atoms with E-state index < -0.39 is 0 Å². The number of aliphatic hydroxyl groups is 1. The van der Waals surface area contributed by atoms with Crippen LogP contribution in [0.25, 0.3) is 0 Å². The zero-order valence-electron chi connectivity index (χ0n) is 10.3. The van der Waals surface area contributed by atoms with Crippen LogP contribution in [0.2, 0.25) is 0 Å². The van der Waals surface area contributed by atoms with E-state index in [1.54, 1.807) is 12.1 Å². The van der Waals surface area contributed by atoms with Crippen molar-refractivity contribution in [3.8, 4) is 0 Å². The van der Waals surface area contributed by atoms with E-state index >= 15 is 0 Å². The van der Waals surface area contributed by atoms with Crippen LogP contribution in [-0.4, -0.2) is 18.2 Å². The number of benzene rings is 1. The lowest BCUT2D eigenvalue weighted by Gasteiger charge is -2.26. The Labute approximate surface area is 102 Å². The summed E-state index contributed by atoms with van der Waals surface area (Å²) in [7, 11) is 0. The van der Waals surface area contributed by atoms with Crippen LogP contribution in [0.3, 0.4) is 0 Å². The highest BCUT2D eigenvalue weighted by Gasteiger charge is 2.26. The Morgan fingerprint density at radius 1 is 1.41 bits per heavy atom. The normalized spacial score (nSPS) is 15.0. The number of hydrogen-bond donors (Lipinski definition) is 1. The van der Waals surface area contributed by atoms with Crippen molar-refractivity contribution in [2.45, 2.75) is 32.8 Å². The molecule has 3 heteroatoms. The third-order valence-corrected chi connectivity index (χ3v) is 3.23. The molecule has 94 valence electrons. The van der Waals surface area contributed by atoms with Crippen molar-refractivity contribution in [2.24, 2.45) is 5.92 Å². The third-order valence-electron chi connectivity index (χ3n) is 3.23. The predicted molar refractivity (Wildman–Crippen MR) is 67.6 cm³/mol. The van der Waals surface area contributed by atoms with E-state index in [1.807, 2.05) is 0 Å². The lowest BCUT2D eigenvalue weighted by atomic mass is 10.1. The molecule has 1 fully saturated rings. The molecule has 1 aliphatic carbocycles. The fourth-order valence-corrected chi connectivity index (χ4v) is 2.22. The van der Waals surface area contributed by atoms with Gasteiger partial charge in [-0.05, 0) is 31.2 Å². The molecule has 0 aromatic heterocycles. The van der Waals surface area contributed by atoms with E-state index in [1.165, 1.54) is 18.9 Å². The minimum Gasteiger partial charge on any atom is -0.392 e. The summed E-state index contributed by atoms with van der Waals surface area (Å²) in [5.41, 5.74) is 1.29. The van der Waals surface area contributed by atoms with Crippen molar-refractivity contribution in [1.82, 2.24) is 0 Å². The second kappa shape index (κ2) is 5.50. The Kier molecular flexibility index (Phi) is 4.00. The van der Waals surface area contributed by atoms with E-state index in [9.17, 15) is 9.50 Å². The molecule has 0 bridgehead atoms. The fraction of sp³-hybridized carbons (Fsp3) is 0.571. The molecule has 0 unspecified atom stereocenters. The van der Waals surface area contributed by atoms with Crippen LogP contribution in [0, 0.1) is 11.7 Å². The first-order chi connectivity index (χ1) is 8.26. The molecular weight excluding hydrogens is 217 g/mol. The second-order valence-electron chi connectivity index (χ2n) is 4.80. The highest BCUT2D eigenvalue weighted by molar-refractivity contribution is 5.54. The van der Waals surface area contributed by atoms with Gasteiger partial charge in [0.1, 0.15) is 5.82 Å². The first-order valence-corrected chi connectivity index (χ1v) is 6.39. The summed E-state index contributed by atoms with van der Waals surface area (Å²) >= 11 is 0. The van der Waals surface area contributed by atoms with Crippen molar-refractivity contribution in [1.29, 1.82) is 0 Å². The van der Waals surface area contributed by atoms with Gasteiger partial charge in [-0.15, -0.1) is 0 Å². The number of rotatable bonds is 6. The quantitative estimate of drug-likeness (QED) is 0.822. The zero-order chi connectivity index (χ0) is 12.3. The van der Waals surface area contributed by atoms with E-state index in [4.69, 9.17) is 0 Å². The largest absolute Gasteiger partial charge is 0.392 e. The first-order valence-electron chi connectivity index (χ1n) is 6.39. The molecule has 0 amide bonds. The summed E-state index contributed by atoms with van der Waals surface area (Å²) in [4.78, 5) is 2.10. The van der Waals surface area contributed by atoms with Gasteiger partial charge < -0.3 is 10.0 Å². The molecule has 2 rings (SSSR count). The molecule has 1 N–H and O–H groups in total. The SMILES string of the molecule is CCCN(CC1CC1)c1c(F)cccc1CO. The third kappa shape index (κ3) is 2.97. The van der Waals surface area contributed by atoms with Crippen LogP contribution in [0.4, 0.5) is 10.1 Å². The summed E-state index contributed by atoms with van der Waals surface area (Å²) in [5.74, 6) is 0.498. The molecule has 17 heavy (non-hydrogen) atoms. The monoisotopic (exact) mass is 237 g/mol. The number of nitrogens with zero attached hydrogens (tertiary/aromatic N) is 1. The van der Waals surface area contributed by atoms with Crippen LogP contribution in [0.5, 0.6) is 0 Å². The Morgan fingerprint density at radius 2 is 2.18 bits per heavy atom. The Hall–Kier alpha value is -1.09. The van der Waals surface area contributed by atoms with E-state index in [0.29, 0.717) is 17.2 Å². The topological polar surface area (TPSA) is 23.5 Å². The maximum absolute atomic E-state index is 13.9. The molecule has 1 aliphatic rings. The molecule has 0 atom stereocenters. The van der Waals surface area contributed by atoms with Gasteiger partial charge in [-0.3, -0.25) is 0 Å². The number of para-hydroxylation sites is 1. The van der Waals surface area contributed by atoms with Crippen LogP contribution < -0.4 is 4.90 Å².